The minimum absolute atomic E-state index is 0.0228. The number of benzene rings is 1. The number of azide groups is 1. The first kappa shape index (κ1) is 14.7. The van der Waals surface area contributed by atoms with Crippen molar-refractivity contribution in [2.45, 2.75) is 25.6 Å². The first-order valence-corrected chi connectivity index (χ1v) is 5.67. The number of rotatable bonds is 5. The van der Waals surface area contributed by atoms with E-state index in [-0.39, 0.29) is 23.6 Å². The largest absolute Gasteiger partial charge is 0.390 e. The van der Waals surface area contributed by atoms with Crippen LogP contribution in [0.2, 0.25) is 5.02 Å². The molecule has 0 radical (unpaired) electrons. The van der Waals surface area contributed by atoms with Crippen LogP contribution in [0.1, 0.15) is 23.7 Å². The summed E-state index contributed by atoms with van der Waals surface area (Å²) in [7, 11) is 0. The van der Waals surface area contributed by atoms with Gasteiger partial charge in [0.05, 0.1) is 6.10 Å². The van der Waals surface area contributed by atoms with Gasteiger partial charge in [0.25, 0.3) is 0 Å². The van der Waals surface area contributed by atoms with Gasteiger partial charge in [0.15, 0.2) is 0 Å². The van der Waals surface area contributed by atoms with Gasteiger partial charge in [-0.1, -0.05) is 16.7 Å². The maximum atomic E-state index is 13.6. The van der Waals surface area contributed by atoms with Gasteiger partial charge < -0.3 is 10.2 Å². The fourth-order valence-electron chi connectivity index (χ4n) is 1.51. The summed E-state index contributed by atoms with van der Waals surface area (Å²) in [5.41, 5.74) is 8.67. The van der Waals surface area contributed by atoms with Crippen molar-refractivity contribution in [3.63, 3.8) is 0 Å². The van der Waals surface area contributed by atoms with Gasteiger partial charge in [-0.2, -0.15) is 0 Å². The van der Waals surface area contributed by atoms with E-state index in [0.29, 0.717) is 5.56 Å². The molecule has 0 fully saturated rings. The van der Waals surface area contributed by atoms with Gasteiger partial charge in [-0.3, -0.25) is 0 Å². The molecule has 0 spiro atoms. The number of hydrogen-bond donors (Lipinski definition) is 2. The van der Waals surface area contributed by atoms with Crippen LogP contribution in [0, 0.1) is 12.7 Å². The molecule has 0 aliphatic heterocycles. The van der Waals surface area contributed by atoms with E-state index in [9.17, 15) is 14.6 Å². The lowest BCUT2D eigenvalue weighted by Crippen LogP contribution is -2.20. The summed E-state index contributed by atoms with van der Waals surface area (Å²) >= 11 is 5.73. The molecule has 0 saturated heterocycles. The summed E-state index contributed by atoms with van der Waals surface area (Å²) in [6.45, 7) is 1.70. The molecule has 1 aromatic carbocycles. The standard InChI is InChI=1S/C11H13ClFN3O2/c1-6-4-7(9(13)5-8(6)12)11(18)10(17)2-3-15-16-14/h4-5,10-11,17-18H,2-3H2,1H3. The lowest BCUT2D eigenvalue weighted by Gasteiger charge is -2.18. The fraction of sp³-hybridized carbons (Fsp3) is 0.455. The molecule has 0 aliphatic carbocycles. The van der Waals surface area contributed by atoms with Crippen molar-refractivity contribution < 1.29 is 14.6 Å². The van der Waals surface area contributed by atoms with Crippen LogP contribution < -0.4 is 0 Å². The Labute approximate surface area is 108 Å². The monoisotopic (exact) mass is 273 g/mol. The van der Waals surface area contributed by atoms with E-state index in [2.05, 4.69) is 10.0 Å². The number of nitrogens with zero attached hydrogens (tertiary/aromatic N) is 3. The molecule has 7 heteroatoms. The van der Waals surface area contributed by atoms with Gasteiger partial charge >= 0.3 is 0 Å². The van der Waals surface area contributed by atoms with Crippen molar-refractivity contribution >= 4 is 11.6 Å². The van der Waals surface area contributed by atoms with Crippen LogP contribution in [0.25, 0.3) is 10.4 Å². The summed E-state index contributed by atoms with van der Waals surface area (Å²) in [6.07, 6.45) is -2.53. The maximum Gasteiger partial charge on any atom is 0.130 e. The van der Waals surface area contributed by atoms with E-state index >= 15 is 0 Å². The highest BCUT2D eigenvalue weighted by atomic mass is 35.5. The summed E-state index contributed by atoms with van der Waals surface area (Å²) in [6, 6.07) is 2.48. The normalized spacial score (nSPS) is 13.8. The van der Waals surface area contributed by atoms with Gasteiger partial charge in [-0.05, 0) is 36.6 Å². The third-order valence-electron chi connectivity index (χ3n) is 2.55. The Hall–Kier alpha value is -1.33. The number of aliphatic hydroxyl groups is 2. The SMILES string of the molecule is Cc1cc(C(O)C(O)CCN=[N+]=[N-])c(F)cc1Cl. The van der Waals surface area contributed by atoms with Gasteiger partial charge in [0, 0.05) is 22.0 Å². The summed E-state index contributed by atoms with van der Waals surface area (Å²) < 4.78 is 13.6. The molecule has 1 aromatic rings. The molecular weight excluding hydrogens is 261 g/mol. The van der Waals surface area contributed by atoms with Crippen molar-refractivity contribution in [1.82, 2.24) is 0 Å². The van der Waals surface area contributed by atoms with Gasteiger partial charge in [-0.25, -0.2) is 4.39 Å². The predicted molar refractivity (Wildman–Crippen MR) is 65.7 cm³/mol. The zero-order chi connectivity index (χ0) is 13.7. The summed E-state index contributed by atoms with van der Waals surface area (Å²) in [4.78, 5) is 2.52. The molecule has 2 N–H and O–H groups in total. The van der Waals surface area contributed by atoms with Crippen LogP contribution in [0.15, 0.2) is 17.2 Å². The topological polar surface area (TPSA) is 89.2 Å². The summed E-state index contributed by atoms with van der Waals surface area (Å²) in [5, 5.41) is 23.0. The Kier molecular flexibility index (Phi) is 5.37. The van der Waals surface area contributed by atoms with E-state index < -0.39 is 18.0 Å². The number of aliphatic hydroxyl groups excluding tert-OH is 2. The third kappa shape index (κ3) is 3.58. The van der Waals surface area contributed by atoms with Crippen LogP contribution in [0.5, 0.6) is 0 Å². The highest BCUT2D eigenvalue weighted by Crippen LogP contribution is 2.27. The maximum absolute atomic E-state index is 13.6. The van der Waals surface area contributed by atoms with Crippen molar-refractivity contribution in [2.75, 3.05) is 6.54 Å². The lowest BCUT2D eigenvalue weighted by atomic mass is 10.00. The van der Waals surface area contributed by atoms with E-state index in [0.717, 1.165) is 6.07 Å². The average Bonchev–Trinajstić information content (AvgIpc) is 2.33. The zero-order valence-corrected chi connectivity index (χ0v) is 10.5. The van der Waals surface area contributed by atoms with Gasteiger partial charge in [-0.15, -0.1) is 0 Å². The molecule has 0 heterocycles. The molecule has 5 nitrogen and oxygen atoms in total. The molecule has 0 aromatic heterocycles. The lowest BCUT2D eigenvalue weighted by molar-refractivity contribution is 0.0129. The van der Waals surface area contributed by atoms with Gasteiger partial charge in [0.2, 0.25) is 0 Å². The second-order valence-corrected chi connectivity index (χ2v) is 4.29. The molecule has 0 bridgehead atoms. The van der Waals surface area contributed by atoms with Crippen molar-refractivity contribution in [3.05, 3.63) is 44.5 Å². The molecule has 0 amide bonds. The summed E-state index contributed by atoms with van der Waals surface area (Å²) in [5.74, 6) is -0.680. The van der Waals surface area contributed by atoms with Crippen molar-refractivity contribution in [3.8, 4) is 0 Å². The van der Waals surface area contributed by atoms with Gasteiger partial charge in [0.1, 0.15) is 11.9 Å². The Morgan fingerprint density at radius 1 is 1.50 bits per heavy atom. The Balaban J connectivity index is 2.85. The van der Waals surface area contributed by atoms with Crippen molar-refractivity contribution in [2.24, 2.45) is 5.11 Å². The van der Waals surface area contributed by atoms with Crippen LogP contribution in [0.3, 0.4) is 0 Å². The van der Waals surface area contributed by atoms with E-state index in [4.69, 9.17) is 17.1 Å². The Bertz CT molecular complexity index is 478. The van der Waals surface area contributed by atoms with E-state index in [1.807, 2.05) is 0 Å². The quantitative estimate of drug-likeness (QED) is 0.491. The predicted octanol–water partition coefficient (Wildman–Crippen LogP) is 2.88. The Morgan fingerprint density at radius 3 is 2.78 bits per heavy atom. The second kappa shape index (κ2) is 6.56. The number of hydrogen-bond acceptors (Lipinski definition) is 3. The van der Waals surface area contributed by atoms with Crippen LogP contribution in [-0.2, 0) is 0 Å². The zero-order valence-electron chi connectivity index (χ0n) is 9.72. The fourth-order valence-corrected chi connectivity index (χ4v) is 1.66. The molecule has 0 aliphatic rings. The number of halogens is 2. The molecule has 2 unspecified atom stereocenters. The smallest absolute Gasteiger partial charge is 0.130 e. The molecule has 98 valence electrons. The third-order valence-corrected chi connectivity index (χ3v) is 2.96. The molecule has 0 saturated carbocycles. The minimum Gasteiger partial charge on any atom is -0.390 e. The first-order valence-electron chi connectivity index (χ1n) is 5.30. The van der Waals surface area contributed by atoms with E-state index in [1.54, 1.807) is 6.92 Å². The highest BCUT2D eigenvalue weighted by Gasteiger charge is 2.22. The molecule has 1 rings (SSSR count). The minimum atomic E-state index is -1.38. The van der Waals surface area contributed by atoms with E-state index in [1.165, 1.54) is 6.07 Å². The Morgan fingerprint density at radius 2 is 2.17 bits per heavy atom. The van der Waals surface area contributed by atoms with Crippen LogP contribution >= 0.6 is 11.6 Å². The highest BCUT2D eigenvalue weighted by molar-refractivity contribution is 6.31. The molecule has 2 atom stereocenters. The molecule has 18 heavy (non-hydrogen) atoms. The second-order valence-electron chi connectivity index (χ2n) is 3.88. The van der Waals surface area contributed by atoms with Crippen LogP contribution in [0.4, 0.5) is 4.39 Å². The molecular formula is C11H13ClFN3O2. The average molecular weight is 274 g/mol. The van der Waals surface area contributed by atoms with Crippen LogP contribution in [-0.4, -0.2) is 22.9 Å². The number of aryl methyl sites for hydroxylation is 1. The van der Waals surface area contributed by atoms with Crippen molar-refractivity contribution in [1.29, 1.82) is 0 Å². The first-order chi connectivity index (χ1) is 8.47.